The summed E-state index contributed by atoms with van der Waals surface area (Å²) in [6.07, 6.45) is 4.34. The first-order valence-electron chi connectivity index (χ1n) is 7.19. The molecule has 1 amide bonds. The molecule has 3 heterocycles. The van der Waals surface area contributed by atoms with Crippen molar-refractivity contribution in [3.05, 3.63) is 22.6 Å². The molecule has 1 unspecified atom stereocenters. The van der Waals surface area contributed by atoms with Gasteiger partial charge in [-0.1, -0.05) is 0 Å². The summed E-state index contributed by atoms with van der Waals surface area (Å²) < 4.78 is 11.1. The Morgan fingerprint density at radius 3 is 3.04 bits per heavy atom. The Balaban J connectivity index is 1.69. The number of amides is 1. The van der Waals surface area contributed by atoms with Crippen LogP contribution < -0.4 is 11.1 Å². The first-order valence-corrected chi connectivity index (χ1v) is 7.99. The van der Waals surface area contributed by atoms with Crippen LogP contribution in [0.1, 0.15) is 18.5 Å². The van der Waals surface area contributed by atoms with E-state index in [2.05, 4.69) is 36.2 Å². The summed E-state index contributed by atoms with van der Waals surface area (Å²) in [5.41, 5.74) is 6.76. The van der Waals surface area contributed by atoms with Gasteiger partial charge in [0.1, 0.15) is 12.0 Å². The minimum atomic E-state index is -0.0396. The normalized spacial score (nSPS) is 17.3. The van der Waals surface area contributed by atoms with Gasteiger partial charge in [0.15, 0.2) is 0 Å². The average Bonchev–Trinajstić information content (AvgIpc) is 3.21. The number of aromatic nitrogens is 3. The zero-order valence-electron chi connectivity index (χ0n) is 12.3. The van der Waals surface area contributed by atoms with Gasteiger partial charge >= 0.3 is 0 Å². The highest BCUT2D eigenvalue weighted by molar-refractivity contribution is 9.10. The van der Waals surface area contributed by atoms with Gasteiger partial charge in [-0.25, -0.2) is 15.0 Å². The molecule has 8 nitrogen and oxygen atoms in total. The number of carbonyl (C=O) groups excluding carboxylic acids is 1. The molecule has 0 saturated carbocycles. The minimum absolute atomic E-state index is 0.0396. The molecule has 122 valence electrons. The second-order valence-electron chi connectivity index (χ2n) is 5.24. The van der Waals surface area contributed by atoms with E-state index in [0.717, 1.165) is 13.0 Å². The lowest BCUT2D eigenvalue weighted by Gasteiger charge is -2.11. The maximum atomic E-state index is 12.0. The van der Waals surface area contributed by atoms with Crippen molar-refractivity contribution in [2.24, 2.45) is 5.92 Å². The fourth-order valence-electron chi connectivity index (χ4n) is 2.37. The number of nitrogens with one attached hydrogen (secondary N) is 1. The third kappa shape index (κ3) is 3.85. The summed E-state index contributed by atoms with van der Waals surface area (Å²) in [5.74, 6) is 0.676. The van der Waals surface area contributed by atoms with Crippen molar-refractivity contribution in [1.82, 2.24) is 20.3 Å². The fourth-order valence-corrected chi connectivity index (χ4v) is 2.86. The zero-order chi connectivity index (χ0) is 16.2. The fraction of sp³-hybridized carbons (Fsp3) is 0.429. The van der Waals surface area contributed by atoms with Crippen molar-refractivity contribution >= 4 is 27.8 Å². The quantitative estimate of drug-likeness (QED) is 0.805. The van der Waals surface area contributed by atoms with Crippen molar-refractivity contribution in [2.45, 2.75) is 19.4 Å². The van der Waals surface area contributed by atoms with Crippen LogP contribution in [0.4, 0.5) is 5.95 Å². The van der Waals surface area contributed by atoms with E-state index in [4.69, 9.17) is 14.9 Å². The molecule has 1 saturated heterocycles. The second kappa shape index (κ2) is 7.05. The molecular weight excluding hydrogens is 366 g/mol. The van der Waals surface area contributed by atoms with Crippen LogP contribution in [0.2, 0.25) is 0 Å². The minimum Gasteiger partial charge on any atom is -0.443 e. The van der Waals surface area contributed by atoms with E-state index in [-0.39, 0.29) is 24.3 Å². The molecule has 2 aromatic heterocycles. The van der Waals surface area contributed by atoms with Gasteiger partial charge in [0.25, 0.3) is 0 Å². The molecule has 3 rings (SSSR count). The highest BCUT2D eigenvalue weighted by atomic mass is 79.9. The molecule has 9 heteroatoms. The third-order valence-electron chi connectivity index (χ3n) is 3.52. The number of hydrogen-bond acceptors (Lipinski definition) is 7. The molecule has 0 aliphatic carbocycles. The zero-order valence-corrected chi connectivity index (χ0v) is 13.9. The lowest BCUT2D eigenvalue weighted by molar-refractivity contribution is -0.122. The Labute approximate surface area is 141 Å². The van der Waals surface area contributed by atoms with Crippen LogP contribution in [-0.4, -0.2) is 34.1 Å². The lowest BCUT2D eigenvalue weighted by Crippen LogP contribution is -2.26. The first-order chi connectivity index (χ1) is 11.1. The topological polar surface area (TPSA) is 116 Å². The van der Waals surface area contributed by atoms with Crippen molar-refractivity contribution in [3.63, 3.8) is 0 Å². The number of oxazole rings is 1. The molecule has 1 atom stereocenters. The van der Waals surface area contributed by atoms with E-state index in [1.807, 2.05) is 0 Å². The molecule has 0 bridgehead atoms. The van der Waals surface area contributed by atoms with Crippen LogP contribution in [0.3, 0.4) is 0 Å². The Hall–Kier alpha value is -2.00. The molecule has 3 N–H and O–H groups in total. The monoisotopic (exact) mass is 381 g/mol. The first kappa shape index (κ1) is 15.9. The largest absolute Gasteiger partial charge is 0.443 e. The van der Waals surface area contributed by atoms with Crippen LogP contribution in [0.25, 0.3) is 11.6 Å². The number of rotatable bonds is 5. The lowest BCUT2D eigenvalue weighted by atomic mass is 10.1. The van der Waals surface area contributed by atoms with Crippen molar-refractivity contribution < 1.29 is 13.9 Å². The van der Waals surface area contributed by atoms with E-state index < -0.39 is 0 Å². The number of anilines is 1. The van der Waals surface area contributed by atoms with Gasteiger partial charge in [-0.3, -0.25) is 4.79 Å². The molecule has 1 aliphatic rings. The van der Waals surface area contributed by atoms with E-state index in [9.17, 15) is 4.79 Å². The molecule has 2 aromatic rings. The number of nitrogen functional groups attached to an aromatic ring is 1. The van der Waals surface area contributed by atoms with Crippen LogP contribution in [0.15, 0.2) is 21.3 Å². The number of ether oxygens (including phenoxy) is 1. The number of nitrogens with two attached hydrogens (primary N) is 1. The summed E-state index contributed by atoms with van der Waals surface area (Å²) in [6, 6.07) is 0. The maximum Gasteiger partial charge on any atom is 0.246 e. The third-order valence-corrected chi connectivity index (χ3v) is 4.36. The summed E-state index contributed by atoms with van der Waals surface area (Å²) >= 11 is 3.42. The molecular formula is C14H16BrN5O3. The predicted octanol–water partition coefficient (Wildman–Crippen LogP) is 1.52. The number of carbonyl (C=O) groups is 1. The van der Waals surface area contributed by atoms with Crippen LogP contribution in [-0.2, 0) is 16.1 Å². The summed E-state index contributed by atoms with van der Waals surface area (Å²) in [4.78, 5) is 24.3. The highest BCUT2D eigenvalue weighted by Gasteiger charge is 2.20. The van der Waals surface area contributed by atoms with Crippen LogP contribution in [0.5, 0.6) is 0 Å². The Bertz CT molecular complexity index is 686. The molecule has 1 aliphatic heterocycles. The number of halogens is 1. The van der Waals surface area contributed by atoms with Gasteiger partial charge in [0.05, 0.1) is 22.9 Å². The summed E-state index contributed by atoms with van der Waals surface area (Å²) in [5, 5.41) is 2.85. The Morgan fingerprint density at radius 2 is 2.35 bits per heavy atom. The van der Waals surface area contributed by atoms with Gasteiger partial charge in [0.2, 0.25) is 17.7 Å². The highest BCUT2D eigenvalue weighted by Crippen LogP contribution is 2.28. The summed E-state index contributed by atoms with van der Waals surface area (Å²) in [7, 11) is 0. The maximum absolute atomic E-state index is 12.0. The average molecular weight is 382 g/mol. The Morgan fingerprint density at radius 1 is 1.48 bits per heavy atom. The van der Waals surface area contributed by atoms with E-state index >= 15 is 0 Å². The van der Waals surface area contributed by atoms with E-state index in [1.165, 1.54) is 12.5 Å². The Kier molecular flexibility index (Phi) is 4.87. The molecule has 23 heavy (non-hydrogen) atoms. The SMILES string of the molecule is Nc1nc(CNC(=O)CC2CCOC2)c(Br)c(-c2ncco2)n1. The predicted molar refractivity (Wildman–Crippen MR) is 85.0 cm³/mol. The van der Waals surface area contributed by atoms with Gasteiger partial charge in [-0.15, -0.1) is 0 Å². The van der Waals surface area contributed by atoms with Crippen molar-refractivity contribution in [2.75, 3.05) is 18.9 Å². The van der Waals surface area contributed by atoms with Crippen LogP contribution >= 0.6 is 15.9 Å². The molecule has 1 fully saturated rings. The van der Waals surface area contributed by atoms with Crippen molar-refractivity contribution in [3.8, 4) is 11.6 Å². The molecule has 0 radical (unpaired) electrons. The smallest absolute Gasteiger partial charge is 0.246 e. The van der Waals surface area contributed by atoms with Crippen LogP contribution in [0, 0.1) is 5.92 Å². The van der Waals surface area contributed by atoms with Gasteiger partial charge in [0, 0.05) is 19.6 Å². The second-order valence-corrected chi connectivity index (χ2v) is 6.03. The van der Waals surface area contributed by atoms with Crippen molar-refractivity contribution in [1.29, 1.82) is 0 Å². The standard InChI is InChI=1S/C14H16BrN5O3/c15-11-9(6-18-10(21)5-8-1-3-22-7-8)19-14(16)20-12(11)13-17-2-4-23-13/h2,4,8H,1,3,5-7H2,(H,18,21)(H2,16,19,20). The van der Waals surface area contributed by atoms with E-state index in [1.54, 1.807) is 0 Å². The van der Waals surface area contributed by atoms with Gasteiger partial charge in [-0.05, 0) is 28.3 Å². The molecule has 0 aromatic carbocycles. The molecule has 0 spiro atoms. The van der Waals surface area contributed by atoms with Gasteiger partial charge < -0.3 is 20.2 Å². The number of nitrogens with zero attached hydrogens (tertiary/aromatic N) is 3. The van der Waals surface area contributed by atoms with Gasteiger partial charge in [-0.2, -0.15) is 0 Å². The number of hydrogen-bond donors (Lipinski definition) is 2. The van der Waals surface area contributed by atoms with E-state index in [0.29, 0.717) is 34.8 Å². The summed E-state index contributed by atoms with van der Waals surface area (Å²) in [6.45, 7) is 1.62.